The lowest BCUT2D eigenvalue weighted by molar-refractivity contribution is -0.144. The van der Waals surface area contributed by atoms with E-state index in [0.717, 1.165) is 0 Å². The average Bonchev–Trinajstić information content (AvgIpc) is 1.97. The largest absolute Gasteiger partial charge is 0.480 e. The van der Waals surface area contributed by atoms with Gasteiger partial charge in [0.1, 0.15) is 15.0 Å². The number of nitrogens with zero attached hydrogens (tertiary/aromatic N) is 1. The molecule has 13 heavy (non-hydrogen) atoms. The van der Waals surface area contributed by atoms with Crippen LogP contribution in [0.15, 0.2) is 0 Å². The first kappa shape index (κ1) is 12.5. The highest BCUT2D eigenvalue weighted by molar-refractivity contribution is 7.80. The maximum absolute atomic E-state index is 11.2. The van der Waals surface area contributed by atoms with Gasteiger partial charge < -0.3 is 9.67 Å². The van der Waals surface area contributed by atoms with E-state index in [2.05, 4.69) is 12.6 Å². The lowest BCUT2D eigenvalue weighted by Crippen LogP contribution is -2.51. The number of rotatable bonds is 4. The minimum absolute atomic E-state index is 0.167. The van der Waals surface area contributed by atoms with Gasteiger partial charge >= 0.3 is 5.97 Å². The van der Waals surface area contributed by atoms with E-state index < -0.39 is 21.0 Å². The molecule has 1 unspecified atom stereocenters. The zero-order valence-electron chi connectivity index (χ0n) is 8.02. The first-order valence-electron chi connectivity index (χ1n) is 4.04. The molecule has 0 aliphatic heterocycles. The Labute approximate surface area is 85.0 Å². The summed E-state index contributed by atoms with van der Waals surface area (Å²) in [6, 6.07) is -0.771. The minimum atomic E-state index is -1.42. The molecule has 0 saturated heterocycles. The van der Waals surface area contributed by atoms with E-state index in [1.165, 1.54) is 11.5 Å². The van der Waals surface area contributed by atoms with Crippen LogP contribution in [0.3, 0.4) is 0 Å². The molecule has 1 N–H and O–H groups in total. The van der Waals surface area contributed by atoms with Crippen molar-refractivity contribution in [2.24, 2.45) is 0 Å². The molecular weight excluding hydrogens is 206 g/mol. The van der Waals surface area contributed by atoms with Gasteiger partial charge in [-0.2, -0.15) is 12.6 Å². The molecule has 0 saturated carbocycles. The summed E-state index contributed by atoms with van der Waals surface area (Å²) < 4.78 is 1.45. The fourth-order valence-electron chi connectivity index (χ4n) is 1.23. The third kappa shape index (κ3) is 3.39. The molecule has 0 aromatic rings. The molecule has 0 spiro atoms. The van der Waals surface area contributed by atoms with E-state index in [4.69, 9.17) is 5.11 Å². The van der Waals surface area contributed by atoms with Gasteiger partial charge in [-0.3, -0.25) is 4.79 Å². The fourth-order valence-corrected chi connectivity index (χ4v) is 3.42. The summed E-state index contributed by atoms with van der Waals surface area (Å²) in [5, 5.41) is 8.82. The van der Waals surface area contributed by atoms with Crippen molar-refractivity contribution in [2.75, 3.05) is 5.75 Å². The van der Waals surface area contributed by atoms with Crippen LogP contribution in [0, 0.1) is 0 Å². The monoisotopic (exact) mass is 221 g/mol. The Kier molecular flexibility index (Phi) is 5.08. The van der Waals surface area contributed by atoms with Crippen molar-refractivity contribution in [3.63, 3.8) is 0 Å². The standard InChI is InChI=1S/C7H15NO3SSi/c1-5(9)8(13(2)3)6(4-12)7(10)11/h6,12-13H,4H2,1-3H3,(H,10,11). The highest BCUT2D eigenvalue weighted by atomic mass is 32.1. The number of carboxylic acids is 1. The highest BCUT2D eigenvalue weighted by Gasteiger charge is 2.28. The second-order valence-corrected chi connectivity index (χ2v) is 6.17. The molecule has 0 bridgehead atoms. The SMILES string of the molecule is CC(=O)N(C(CS)C(=O)O)[SiH](C)C. The van der Waals surface area contributed by atoms with Crippen molar-refractivity contribution >= 4 is 33.5 Å². The number of carbonyl (C=O) groups excluding carboxylic acids is 1. The lowest BCUT2D eigenvalue weighted by atomic mass is 10.3. The normalized spacial score (nSPS) is 12.7. The van der Waals surface area contributed by atoms with E-state index in [9.17, 15) is 9.59 Å². The molecule has 0 heterocycles. The zero-order valence-corrected chi connectivity index (χ0v) is 10.1. The Bertz CT molecular complexity index is 210. The molecule has 0 aromatic heterocycles. The molecule has 0 aliphatic carbocycles. The smallest absolute Gasteiger partial charge is 0.326 e. The third-order valence-corrected chi connectivity index (χ3v) is 3.90. The van der Waals surface area contributed by atoms with Gasteiger partial charge in [-0.1, -0.05) is 13.1 Å². The van der Waals surface area contributed by atoms with Crippen LogP contribution in [-0.4, -0.2) is 42.3 Å². The van der Waals surface area contributed by atoms with E-state index in [0.29, 0.717) is 0 Å². The Balaban J connectivity index is 4.69. The highest BCUT2D eigenvalue weighted by Crippen LogP contribution is 2.06. The molecule has 0 radical (unpaired) electrons. The minimum Gasteiger partial charge on any atom is -0.480 e. The van der Waals surface area contributed by atoms with Gasteiger partial charge in [-0.25, -0.2) is 4.79 Å². The van der Waals surface area contributed by atoms with Crippen LogP contribution in [0.2, 0.25) is 13.1 Å². The molecular formula is C7H15NO3SSi. The van der Waals surface area contributed by atoms with Crippen molar-refractivity contribution in [1.82, 2.24) is 4.57 Å². The summed E-state index contributed by atoms with van der Waals surface area (Å²) in [6.07, 6.45) is 0. The Morgan fingerprint density at radius 2 is 2.00 bits per heavy atom. The Morgan fingerprint density at radius 1 is 1.54 bits per heavy atom. The summed E-state index contributed by atoms with van der Waals surface area (Å²) in [6.45, 7) is 5.23. The van der Waals surface area contributed by atoms with Crippen LogP contribution in [0.5, 0.6) is 0 Å². The zero-order chi connectivity index (χ0) is 10.6. The summed E-state index contributed by atoms with van der Waals surface area (Å²) >= 11 is 3.93. The van der Waals surface area contributed by atoms with Gasteiger partial charge in [0.05, 0.1) is 0 Å². The summed E-state index contributed by atoms with van der Waals surface area (Å²) in [7, 11) is -1.42. The van der Waals surface area contributed by atoms with Crippen LogP contribution >= 0.6 is 12.6 Å². The summed E-state index contributed by atoms with van der Waals surface area (Å²) in [5.41, 5.74) is 0. The van der Waals surface area contributed by atoms with Gasteiger partial charge in [-0.05, 0) is 0 Å². The van der Waals surface area contributed by atoms with Crippen LogP contribution in [0.25, 0.3) is 0 Å². The van der Waals surface area contributed by atoms with Crippen molar-refractivity contribution in [3.8, 4) is 0 Å². The second kappa shape index (κ2) is 5.28. The lowest BCUT2D eigenvalue weighted by Gasteiger charge is -2.30. The first-order valence-corrected chi connectivity index (χ1v) is 7.50. The quantitative estimate of drug-likeness (QED) is 0.527. The van der Waals surface area contributed by atoms with Gasteiger partial charge in [0.2, 0.25) is 5.91 Å². The average molecular weight is 221 g/mol. The predicted molar refractivity (Wildman–Crippen MR) is 56.7 cm³/mol. The van der Waals surface area contributed by atoms with E-state index in [-0.39, 0.29) is 11.7 Å². The third-order valence-electron chi connectivity index (χ3n) is 1.71. The van der Waals surface area contributed by atoms with E-state index in [1.807, 2.05) is 13.1 Å². The van der Waals surface area contributed by atoms with Gasteiger partial charge in [0.15, 0.2) is 0 Å². The number of amides is 1. The number of hydrogen-bond donors (Lipinski definition) is 2. The number of hydrogen-bond acceptors (Lipinski definition) is 3. The van der Waals surface area contributed by atoms with E-state index in [1.54, 1.807) is 0 Å². The summed E-state index contributed by atoms with van der Waals surface area (Å²) in [4.78, 5) is 21.9. The maximum Gasteiger partial charge on any atom is 0.326 e. The molecule has 1 atom stereocenters. The second-order valence-electron chi connectivity index (χ2n) is 3.06. The maximum atomic E-state index is 11.2. The first-order chi connectivity index (χ1) is 5.91. The molecule has 0 rings (SSSR count). The Morgan fingerprint density at radius 3 is 2.08 bits per heavy atom. The molecule has 0 fully saturated rings. The number of carbonyl (C=O) groups is 2. The number of thiol groups is 1. The van der Waals surface area contributed by atoms with Gasteiger partial charge in [-0.15, -0.1) is 0 Å². The number of aliphatic carboxylic acids is 1. The van der Waals surface area contributed by atoms with Gasteiger partial charge in [0.25, 0.3) is 0 Å². The van der Waals surface area contributed by atoms with Crippen molar-refractivity contribution in [2.45, 2.75) is 26.1 Å². The molecule has 0 aromatic carbocycles. The topological polar surface area (TPSA) is 57.6 Å². The molecule has 76 valence electrons. The van der Waals surface area contributed by atoms with Crippen LogP contribution in [-0.2, 0) is 9.59 Å². The van der Waals surface area contributed by atoms with Gasteiger partial charge in [0, 0.05) is 12.7 Å². The van der Waals surface area contributed by atoms with Crippen molar-refractivity contribution in [3.05, 3.63) is 0 Å². The van der Waals surface area contributed by atoms with Crippen molar-refractivity contribution < 1.29 is 14.7 Å². The molecule has 1 amide bonds. The molecule has 4 nitrogen and oxygen atoms in total. The van der Waals surface area contributed by atoms with E-state index >= 15 is 0 Å². The van der Waals surface area contributed by atoms with Crippen LogP contribution in [0.1, 0.15) is 6.92 Å². The summed E-state index contributed by atoms with van der Waals surface area (Å²) in [5.74, 6) is -0.991. The van der Waals surface area contributed by atoms with Crippen LogP contribution < -0.4 is 0 Å². The number of carboxylic acid groups (broad SMARTS) is 1. The molecule has 0 aliphatic rings. The Hall–Kier alpha value is -0.493. The van der Waals surface area contributed by atoms with Crippen molar-refractivity contribution in [1.29, 1.82) is 0 Å². The fraction of sp³-hybridized carbons (Fsp3) is 0.714. The van der Waals surface area contributed by atoms with Crippen LogP contribution in [0.4, 0.5) is 0 Å². The predicted octanol–water partition coefficient (Wildman–Crippen LogP) is 0.201. The molecule has 6 heteroatoms.